The molecule has 0 aliphatic heterocycles. The largest absolute Gasteiger partial charge is 0.462 e. The highest BCUT2D eigenvalue weighted by Crippen LogP contribution is 2.18. The Morgan fingerprint density at radius 3 is 0.756 bits per heavy atom. The van der Waals surface area contributed by atoms with Gasteiger partial charge in [-0.3, -0.25) is 14.4 Å². The van der Waals surface area contributed by atoms with Crippen LogP contribution in [0.5, 0.6) is 0 Å². The first-order valence-electron chi connectivity index (χ1n) is 35.9. The number of ether oxygens (including phenoxy) is 3. The predicted octanol–water partition coefficient (Wildman–Crippen LogP) is 24.8. The number of allylic oxidation sites excluding steroid dienone is 12. The van der Waals surface area contributed by atoms with Gasteiger partial charge in [-0.05, 0) is 89.9 Å². The lowest BCUT2D eigenvalue weighted by Crippen LogP contribution is -2.30. The lowest BCUT2D eigenvalue weighted by molar-refractivity contribution is -0.167. The van der Waals surface area contributed by atoms with Crippen molar-refractivity contribution in [2.75, 3.05) is 13.2 Å². The molecular formula is C76H136O6. The summed E-state index contributed by atoms with van der Waals surface area (Å²) < 4.78 is 17.0. The van der Waals surface area contributed by atoms with Crippen molar-refractivity contribution in [2.24, 2.45) is 0 Å². The van der Waals surface area contributed by atoms with Gasteiger partial charge in [-0.15, -0.1) is 0 Å². The van der Waals surface area contributed by atoms with Gasteiger partial charge in [0.15, 0.2) is 6.10 Å². The molecule has 0 saturated carbocycles. The molecule has 82 heavy (non-hydrogen) atoms. The molecule has 0 aromatic heterocycles. The van der Waals surface area contributed by atoms with Gasteiger partial charge in [0.2, 0.25) is 0 Å². The summed E-state index contributed by atoms with van der Waals surface area (Å²) in [5, 5.41) is 0. The van der Waals surface area contributed by atoms with Gasteiger partial charge in [-0.25, -0.2) is 0 Å². The van der Waals surface area contributed by atoms with Crippen molar-refractivity contribution in [3.63, 3.8) is 0 Å². The Bertz CT molecular complexity index is 1500. The molecule has 0 aromatic rings. The van der Waals surface area contributed by atoms with E-state index in [2.05, 4.69) is 93.7 Å². The van der Waals surface area contributed by atoms with E-state index in [-0.39, 0.29) is 31.1 Å². The second-order valence-corrected chi connectivity index (χ2v) is 24.1. The van der Waals surface area contributed by atoms with Gasteiger partial charge < -0.3 is 14.2 Å². The number of rotatable bonds is 66. The number of hydrogen-bond donors (Lipinski definition) is 0. The first-order chi connectivity index (χ1) is 40.5. The van der Waals surface area contributed by atoms with Gasteiger partial charge >= 0.3 is 17.9 Å². The number of hydrogen-bond acceptors (Lipinski definition) is 6. The van der Waals surface area contributed by atoms with Crippen LogP contribution in [0.15, 0.2) is 72.9 Å². The van der Waals surface area contributed by atoms with Crippen LogP contribution < -0.4 is 0 Å². The average Bonchev–Trinajstić information content (AvgIpc) is 3.48. The Morgan fingerprint density at radius 2 is 0.476 bits per heavy atom. The van der Waals surface area contributed by atoms with Crippen LogP contribution in [0.1, 0.15) is 374 Å². The summed E-state index contributed by atoms with van der Waals surface area (Å²) >= 11 is 0. The van der Waals surface area contributed by atoms with Crippen LogP contribution >= 0.6 is 0 Å². The van der Waals surface area contributed by atoms with Crippen molar-refractivity contribution in [2.45, 2.75) is 380 Å². The predicted molar refractivity (Wildman–Crippen MR) is 358 cm³/mol. The molecule has 0 aliphatic carbocycles. The highest BCUT2D eigenvalue weighted by molar-refractivity contribution is 5.71. The Balaban J connectivity index is 4.31. The molecule has 0 aromatic carbocycles. The molecule has 0 saturated heterocycles. The quantitative estimate of drug-likeness (QED) is 0.0261. The maximum atomic E-state index is 13.0. The summed E-state index contributed by atoms with van der Waals surface area (Å²) in [6.07, 6.45) is 92.2. The third-order valence-electron chi connectivity index (χ3n) is 15.9. The Morgan fingerprint density at radius 1 is 0.256 bits per heavy atom. The standard InChI is InChI=1S/C76H136O6/c1-4-7-10-13-16-19-22-25-28-31-33-35-36-37-38-39-40-42-43-45-48-51-54-57-60-63-66-69-75(78)81-72-73(71-80-74(77)68-65-62-59-56-53-50-47-30-27-24-21-18-15-12-9-6-3)82-76(79)70-67-64-61-58-55-52-49-46-44-41-34-32-29-26-23-20-17-14-11-8-5-2/h8,11,17,20,26,29-30,34,41,46-47,49,73H,4-7,9-10,12-16,18-19,21-25,27-28,31-33,35-40,42-45,48,50-72H2,1-3H3/b11-8-,20-17-,29-26-,41-34-,47-30-,49-46-. The Hall–Kier alpha value is -3.15. The van der Waals surface area contributed by atoms with Gasteiger partial charge in [0.25, 0.3) is 0 Å². The second kappa shape index (κ2) is 70.3. The fourth-order valence-corrected chi connectivity index (χ4v) is 10.6. The molecule has 0 aliphatic rings. The molecule has 0 rings (SSSR count). The molecular weight excluding hydrogens is 1010 g/mol. The van der Waals surface area contributed by atoms with E-state index in [4.69, 9.17) is 14.2 Å². The van der Waals surface area contributed by atoms with Crippen LogP contribution in [-0.2, 0) is 28.6 Å². The summed E-state index contributed by atoms with van der Waals surface area (Å²) in [6, 6.07) is 0. The molecule has 6 heteroatoms. The maximum Gasteiger partial charge on any atom is 0.306 e. The number of carbonyl (C=O) groups is 3. The summed E-state index contributed by atoms with van der Waals surface area (Å²) in [5.74, 6) is -0.889. The molecule has 0 amide bonds. The third kappa shape index (κ3) is 67.6. The fourth-order valence-electron chi connectivity index (χ4n) is 10.6. The van der Waals surface area contributed by atoms with Crippen LogP contribution in [0.3, 0.4) is 0 Å². The molecule has 0 radical (unpaired) electrons. The molecule has 476 valence electrons. The molecule has 6 nitrogen and oxygen atoms in total. The van der Waals surface area contributed by atoms with Crippen molar-refractivity contribution in [3.05, 3.63) is 72.9 Å². The molecule has 0 spiro atoms. The van der Waals surface area contributed by atoms with Gasteiger partial charge in [-0.1, -0.05) is 338 Å². The van der Waals surface area contributed by atoms with E-state index in [1.807, 2.05) is 0 Å². The molecule has 0 bridgehead atoms. The number of unbranched alkanes of at least 4 members (excludes halogenated alkanes) is 43. The van der Waals surface area contributed by atoms with Crippen molar-refractivity contribution in [1.29, 1.82) is 0 Å². The molecule has 1 unspecified atom stereocenters. The van der Waals surface area contributed by atoms with Crippen molar-refractivity contribution in [3.8, 4) is 0 Å². The Kier molecular flexibility index (Phi) is 67.6. The van der Waals surface area contributed by atoms with E-state index >= 15 is 0 Å². The van der Waals surface area contributed by atoms with E-state index < -0.39 is 6.10 Å². The summed E-state index contributed by atoms with van der Waals surface area (Å²) in [4.78, 5) is 38.5. The zero-order chi connectivity index (χ0) is 59.2. The summed E-state index contributed by atoms with van der Waals surface area (Å²) in [7, 11) is 0. The van der Waals surface area contributed by atoms with E-state index in [0.717, 1.165) is 116 Å². The minimum Gasteiger partial charge on any atom is -0.462 e. The smallest absolute Gasteiger partial charge is 0.306 e. The number of carbonyl (C=O) groups excluding carboxylic acids is 3. The van der Waals surface area contributed by atoms with E-state index in [1.54, 1.807) is 0 Å². The molecule has 1 atom stereocenters. The zero-order valence-electron chi connectivity index (χ0n) is 54.8. The van der Waals surface area contributed by atoms with Gasteiger partial charge in [0, 0.05) is 19.3 Å². The van der Waals surface area contributed by atoms with Crippen molar-refractivity contribution in [1.82, 2.24) is 0 Å². The van der Waals surface area contributed by atoms with Crippen LogP contribution in [0, 0.1) is 0 Å². The summed E-state index contributed by atoms with van der Waals surface area (Å²) in [5.41, 5.74) is 0. The fraction of sp³-hybridized carbons (Fsp3) is 0.803. The second-order valence-electron chi connectivity index (χ2n) is 24.1. The highest BCUT2D eigenvalue weighted by atomic mass is 16.6. The molecule has 0 heterocycles. The van der Waals surface area contributed by atoms with Gasteiger partial charge in [0.05, 0.1) is 0 Å². The van der Waals surface area contributed by atoms with E-state index in [1.165, 1.54) is 218 Å². The zero-order valence-corrected chi connectivity index (χ0v) is 54.8. The van der Waals surface area contributed by atoms with Crippen molar-refractivity contribution < 1.29 is 28.6 Å². The maximum absolute atomic E-state index is 13.0. The van der Waals surface area contributed by atoms with Crippen molar-refractivity contribution >= 4 is 17.9 Å². The van der Waals surface area contributed by atoms with E-state index in [9.17, 15) is 14.4 Å². The normalized spacial score (nSPS) is 12.5. The van der Waals surface area contributed by atoms with Crippen LogP contribution in [-0.4, -0.2) is 37.2 Å². The van der Waals surface area contributed by atoms with E-state index in [0.29, 0.717) is 19.3 Å². The van der Waals surface area contributed by atoms with Gasteiger partial charge in [0.1, 0.15) is 13.2 Å². The topological polar surface area (TPSA) is 78.9 Å². The lowest BCUT2D eigenvalue weighted by atomic mass is 10.0. The SMILES string of the molecule is CC/C=C\C/C=C\C/C=C\C/C=C\C/C=C\CCCCCCCC(=O)OC(COC(=O)CCCCCCC/C=C\CCCCCCCCC)COC(=O)CCCCCCCCCCCCCCCCCCCCCCCCCCCCC. The minimum absolute atomic E-state index is 0.0827. The lowest BCUT2D eigenvalue weighted by Gasteiger charge is -2.18. The van der Waals surface area contributed by atoms with Gasteiger partial charge in [-0.2, -0.15) is 0 Å². The third-order valence-corrected chi connectivity index (χ3v) is 15.9. The monoisotopic (exact) mass is 1150 g/mol. The highest BCUT2D eigenvalue weighted by Gasteiger charge is 2.19. The number of esters is 3. The summed E-state index contributed by atoms with van der Waals surface area (Å²) in [6.45, 7) is 6.56. The molecule has 0 N–H and O–H groups in total. The Labute approximate surface area is 510 Å². The first kappa shape index (κ1) is 78.8. The van der Waals surface area contributed by atoms with Crippen LogP contribution in [0.4, 0.5) is 0 Å². The average molecular weight is 1150 g/mol. The first-order valence-corrected chi connectivity index (χ1v) is 35.9. The minimum atomic E-state index is -0.790. The molecule has 0 fully saturated rings. The van der Waals surface area contributed by atoms with Crippen LogP contribution in [0.2, 0.25) is 0 Å². The van der Waals surface area contributed by atoms with Crippen LogP contribution in [0.25, 0.3) is 0 Å².